The molecule has 1 heterocycles. The number of rotatable bonds is 3. The molecule has 6 nitrogen and oxygen atoms in total. The Morgan fingerprint density at radius 2 is 2.07 bits per heavy atom. The summed E-state index contributed by atoms with van der Waals surface area (Å²) >= 11 is 0. The standard InChI is InChI=1S/C8H6N2O4/c11-8-9(14-8)5-6-3-1-2-4-7(6)10(12)13/h1-4H,5H2. The SMILES string of the molecule is O=C1ON1Cc1ccccc1[N+](=O)[O-]. The van der Waals surface area contributed by atoms with Crippen LogP contribution in [0.15, 0.2) is 24.3 Å². The Labute approximate surface area is 78.8 Å². The molecule has 1 saturated heterocycles. The van der Waals surface area contributed by atoms with Gasteiger partial charge in [0.2, 0.25) is 0 Å². The van der Waals surface area contributed by atoms with Crippen LogP contribution in [0.4, 0.5) is 10.5 Å². The largest absolute Gasteiger partial charge is 0.468 e. The molecule has 0 radical (unpaired) electrons. The number of hydroxylamine groups is 2. The van der Waals surface area contributed by atoms with Crippen molar-refractivity contribution in [1.82, 2.24) is 5.06 Å². The molecular formula is C8H6N2O4. The van der Waals surface area contributed by atoms with Crippen LogP contribution in [0.1, 0.15) is 5.56 Å². The van der Waals surface area contributed by atoms with Crippen molar-refractivity contribution in [3.63, 3.8) is 0 Å². The van der Waals surface area contributed by atoms with Gasteiger partial charge >= 0.3 is 6.09 Å². The van der Waals surface area contributed by atoms with E-state index in [-0.39, 0.29) is 12.2 Å². The Hall–Kier alpha value is -2.11. The minimum Gasteiger partial charge on any atom is -0.313 e. The number of amides is 1. The van der Waals surface area contributed by atoms with Crippen LogP contribution in [0, 0.1) is 10.1 Å². The minimum atomic E-state index is -0.483. The third-order valence-electron chi connectivity index (χ3n) is 1.86. The molecule has 0 aliphatic carbocycles. The van der Waals surface area contributed by atoms with Gasteiger partial charge in [-0.05, 0) is 0 Å². The average molecular weight is 194 g/mol. The van der Waals surface area contributed by atoms with E-state index in [1.807, 2.05) is 0 Å². The number of carbonyl (C=O) groups excluding carboxylic acids is 1. The van der Waals surface area contributed by atoms with Crippen LogP contribution in [-0.2, 0) is 11.4 Å². The van der Waals surface area contributed by atoms with Crippen molar-refractivity contribution < 1.29 is 14.6 Å². The molecule has 0 unspecified atom stereocenters. The van der Waals surface area contributed by atoms with Crippen molar-refractivity contribution >= 4 is 11.8 Å². The summed E-state index contributed by atoms with van der Waals surface area (Å²) in [6.07, 6.45) is -0.455. The zero-order chi connectivity index (χ0) is 10.1. The highest BCUT2D eigenvalue weighted by atomic mass is 16.9. The van der Waals surface area contributed by atoms with Crippen LogP contribution >= 0.6 is 0 Å². The van der Waals surface area contributed by atoms with Gasteiger partial charge in [-0.3, -0.25) is 10.1 Å². The van der Waals surface area contributed by atoms with Crippen molar-refractivity contribution in [1.29, 1.82) is 0 Å². The fraction of sp³-hybridized carbons (Fsp3) is 0.125. The molecule has 14 heavy (non-hydrogen) atoms. The van der Waals surface area contributed by atoms with Gasteiger partial charge in [0, 0.05) is 6.07 Å². The van der Waals surface area contributed by atoms with E-state index in [0.717, 1.165) is 5.06 Å². The summed E-state index contributed by atoms with van der Waals surface area (Å²) in [5.41, 5.74) is 0.458. The van der Waals surface area contributed by atoms with Crippen molar-refractivity contribution in [2.45, 2.75) is 6.54 Å². The normalized spacial score (nSPS) is 13.7. The lowest BCUT2D eigenvalue weighted by Crippen LogP contribution is -2.01. The zero-order valence-electron chi connectivity index (χ0n) is 7.04. The summed E-state index contributed by atoms with van der Waals surface area (Å²) in [7, 11) is 0. The van der Waals surface area contributed by atoms with Gasteiger partial charge in [-0.1, -0.05) is 18.2 Å². The monoisotopic (exact) mass is 194 g/mol. The second-order valence-electron chi connectivity index (χ2n) is 2.78. The fourth-order valence-electron chi connectivity index (χ4n) is 1.15. The second kappa shape index (κ2) is 2.99. The molecule has 1 aliphatic heterocycles. The van der Waals surface area contributed by atoms with Crippen LogP contribution in [0.2, 0.25) is 0 Å². The summed E-state index contributed by atoms with van der Waals surface area (Å²) in [6.45, 7) is 0.121. The Kier molecular flexibility index (Phi) is 1.81. The lowest BCUT2D eigenvalue weighted by atomic mass is 10.2. The molecule has 0 spiro atoms. The number of nitro groups is 1. The van der Waals surface area contributed by atoms with Gasteiger partial charge in [0.15, 0.2) is 0 Å². The van der Waals surface area contributed by atoms with Crippen molar-refractivity contribution in [3.05, 3.63) is 39.9 Å². The first-order valence-corrected chi connectivity index (χ1v) is 3.90. The highest BCUT2D eigenvalue weighted by Crippen LogP contribution is 2.23. The molecule has 0 bridgehead atoms. The van der Waals surface area contributed by atoms with E-state index in [1.165, 1.54) is 6.07 Å². The predicted molar refractivity (Wildman–Crippen MR) is 45.1 cm³/mol. The van der Waals surface area contributed by atoms with Crippen molar-refractivity contribution in [2.24, 2.45) is 0 Å². The summed E-state index contributed by atoms with van der Waals surface area (Å²) in [5, 5.41) is 11.6. The average Bonchev–Trinajstić information content (AvgIpc) is 2.82. The van der Waals surface area contributed by atoms with E-state index < -0.39 is 11.0 Å². The Balaban J connectivity index is 2.23. The molecular weight excluding hydrogens is 188 g/mol. The second-order valence-corrected chi connectivity index (χ2v) is 2.78. The number of hydrogen-bond donors (Lipinski definition) is 0. The van der Waals surface area contributed by atoms with E-state index in [2.05, 4.69) is 4.84 Å². The molecule has 1 aromatic carbocycles. The predicted octanol–water partition coefficient (Wildman–Crippen LogP) is 1.46. The van der Waals surface area contributed by atoms with E-state index >= 15 is 0 Å². The van der Waals surface area contributed by atoms with Crippen molar-refractivity contribution in [2.75, 3.05) is 0 Å². The zero-order valence-corrected chi connectivity index (χ0v) is 7.04. The summed E-state index contributed by atoms with van der Waals surface area (Å²) in [6, 6.07) is 6.24. The molecule has 0 N–H and O–H groups in total. The van der Waals surface area contributed by atoms with Gasteiger partial charge in [-0.2, -0.15) is 0 Å². The number of para-hydroxylation sites is 1. The Morgan fingerprint density at radius 3 is 2.64 bits per heavy atom. The third kappa shape index (κ3) is 1.49. The van der Waals surface area contributed by atoms with Gasteiger partial charge in [-0.25, -0.2) is 4.79 Å². The minimum absolute atomic E-state index is 0.00389. The van der Waals surface area contributed by atoms with Gasteiger partial charge in [-0.15, -0.1) is 5.06 Å². The van der Waals surface area contributed by atoms with E-state index in [1.54, 1.807) is 18.2 Å². The first-order valence-electron chi connectivity index (χ1n) is 3.90. The Bertz CT molecular complexity index is 404. The van der Waals surface area contributed by atoms with Gasteiger partial charge in [0.1, 0.15) is 0 Å². The van der Waals surface area contributed by atoms with Crippen LogP contribution in [0.25, 0.3) is 0 Å². The molecule has 0 aromatic heterocycles. The summed E-state index contributed by atoms with van der Waals surface area (Å²) in [5.74, 6) is 0. The fourth-order valence-corrected chi connectivity index (χ4v) is 1.15. The highest BCUT2D eigenvalue weighted by Gasteiger charge is 2.35. The highest BCUT2D eigenvalue weighted by molar-refractivity contribution is 5.76. The van der Waals surface area contributed by atoms with Gasteiger partial charge < -0.3 is 4.84 Å². The first kappa shape index (κ1) is 8.49. The molecule has 6 heteroatoms. The maximum Gasteiger partial charge on any atom is 0.468 e. The smallest absolute Gasteiger partial charge is 0.313 e. The molecule has 0 saturated carbocycles. The maximum atomic E-state index is 10.6. The summed E-state index contributed by atoms with van der Waals surface area (Å²) in [4.78, 5) is 25.0. The molecule has 0 atom stereocenters. The molecule has 72 valence electrons. The number of benzene rings is 1. The topological polar surface area (TPSA) is 75.8 Å². The summed E-state index contributed by atoms with van der Waals surface area (Å²) < 4.78 is 0. The molecule has 1 aromatic rings. The van der Waals surface area contributed by atoms with Crippen molar-refractivity contribution in [3.8, 4) is 0 Å². The molecule has 1 fully saturated rings. The quantitative estimate of drug-likeness (QED) is 0.414. The van der Waals surface area contributed by atoms with Gasteiger partial charge in [0.05, 0.1) is 17.0 Å². The first-order chi connectivity index (χ1) is 6.68. The lowest BCUT2D eigenvalue weighted by Gasteiger charge is -1.98. The van der Waals surface area contributed by atoms with Gasteiger partial charge in [0.25, 0.3) is 5.69 Å². The number of nitro benzene ring substituents is 1. The van der Waals surface area contributed by atoms with E-state index in [9.17, 15) is 14.9 Å². The number of nitrogens with zero attached hydrogens (tertiary/aromatic N) is 2. The van der Waals surface area contributed by atoms with Crippen LogP contribution in [-0.4, -0.2) is 16.1 Å². The molecule has 1 aliphatic rings. The van der Waals surface area contributed by atoms with Crippen LogP contribution in [0.3, 0.4) is 0 Å². The number of carbonyl (C=O) groups is 1. The third-order valence-corrected chi connectivity index (χ3v) is 1.86. The molecule has 2 rings (SSSR count). The number of hydrogen-bond acceptors (Lipinski definition) is 4. The molecule has 1 amide bonds. The van der Waals surface area contributed by atoms with Crippen LogP contribution < -0.4 is 0 Å². The van der Waals surface area contributed by atoms with E-state index in [0.29, 0.717) is 5.56 Å². The van der Waals surface area contributed by atoms with Crippen LogP contribution in [0.5, 0.6) is 0 Å². The Morgan fingerprint density at radius 1 is 1.43 bits per heavy atom. The maximum absolute atomic E-state index is 10.6. The van der Waals surface area contributed by atoms with E-state index in [4.69, 9.17) is 0 Å². The lowest BCUT2D eigenvalue weighted by molar-refractivity contribution is -0.385.